The van der Waals surface area contributed by atoms with Crippen LogP contribution in [-0.4, -0.2) is 60.4 Å². The highest BCUT2D eigenvalue weighted by Gasteiger charge is 2.27. The molecule has 3 atom stereocenters. The number of aliphatic hydroxyl groups excluding tert-OH is 1. The molecule has 1 aromatic rings. The van der Waals surface area contributed by atoms with Crippen molar-refractivity contribution in [3.63, 3.8) is 0 Å². The molecular formula is C18H27N3O3. The first-order chi connectivity index (χ1) is 11.6. The van der Waals surface area contributed by atoms with Gasteiger partial charge in [-0.2, -0.15) is 0 Å². The van der Waals surface area contributed by atoms with Gasteiger partial charge in [-0.05, 0) is 24.5 Å². The molecule has 0 aromatic heterocycles. The van der Waals surface area contributed by atoms with E-state index in [0.717, 1.165) is 31.8 Å². The lowest BCUT2D eigenvalue weighted by Crippen LogP contribution is -2.40. The van der Waals surface area contributed by atoms with Crippen LogP contribution in [0.15, 0.2) is 24.3 Å². The van der Waals surface area contributed by atoms with Gasteiger partial charge in [0.25, 0.3) is 0 Å². The molecule has 2 fully saturated rings. The van der Waals surface area contributed by atoms with Gasteiger partial charge in [0, 0.05) is 32.7 Å². The Morgan fingerprint density at radius 1 is 1.46 bits per heavy atom. The fourth-order valence-electron chi connectivity index (χ4n) is 3.36. The van der Waals surface area contributed by atoms with Gasteiger partial charge in [0.2, 0.25) is 5.91 Å². The lowest BCUT2D eigenvalue weighted by atomic mass is 10.1. The molecular weight excluding hydrogens is 306 g/mol. The fraction of sp³-hybridized carbons (Fsp3) is 0.611. The number of nitrogens with one attached hydrogen (secondary N) is 2. The minimum atomic E-state index is -0.417. The second kappa shape index (κ2) is 8.07. The van der Waals surface area contributed by atoms with Crippen LogP contribution in [0.2, 0.25) is 0 Å². The van der Waals surface area contributed by atoms with Crippen LogP contribution in [0, 0.1) is 0 Å². The van der Waals surface area contributed by atoms with E-state index in [1.165, 1.54) is 5.56 Å². The van der Waals surface area contributed by atoms with Gasteiger partial charge in [0.15, 0.2) is 0 Å². The van der Waals surface area contributed by atoms with Crippen molar-refractivity contribution < 1.29 is 14.6 Å². The number of benzene rings is 1. The molecule has 2 aliphatic rings. The quantitative estimate of drug-likeness (QED) is 0.720. The second-order valence-corrected chi connectivity index (χ2v) is 6.80. The molecule has 132 valence electrons. The van der Waals surface area contributed by atoms with Gasteiger partial charge in [-0.3, -0.25) is 9.69 Å². The maximum atomic E-state index is 12.1. The zero-order valence-electron chi connectivity index (χ0n) is 14.2. The van der Waals surface area contributed by atoms with Crippen LogP contribution in [0.5, 0.6) is 0 Å². The molecule has 3 N–H and O–H groups in total. The lowest BCUT2D eigenvalue weighted by molar-refractivity contribution is -0.123. The molecule has 6 heteroatoms. The highest BCUT2D eigenvalue weighted by atomic mass is 16.5. The van der Waals surface area contributed by atoms with Crippen LogP contribution in [0.4, 0.5) is 0 Å². The number of β-amino-alcohol motifs (C(OH)–C–C–N with tert-alkyl or cyclic N) is 1. The van der Waals surface area contributed by atoms with Crippen molar-refractivity contribution in [2.75, 3.05) is 26.2 Å². The van der Waals surface area contributed by atoms with Gasteiger partial charge in [0.1, 0.15) is 0 Å². The molecule has 24 heavy (non-hydrogen) atoms. The van der Waals surface area contributed by atoms with Crippen LogP contribution in [-0.2, 0) is 22.6 Å². The Kier molecular flexibility index (Phi) is 5.84. The van der Waals surface area contributed by atoms with Crippen molar-refractivity contribution in [1.29, 1.82) is 0 Å². The minimum Gasteiger partial charge on any atom is -0.392 e. The van der Waals surface area contributed by atoms with Gasteiger partial charge in [-0.15, -0.1) is 0 Å². The summed E-state index contributed by atoms with van der Waals surface area (Å²) in [6, 6.07) is 8.07. The van der Waals surface area contributed by atoms with E-state index in [0.29, 0.717) is 19.5 Å². The Labute approximate surface area is 143 Å². The SMILES string of the molecule is C[C@@H]1CN(Cc2cccc(CNC(=O)[C@H]3C[C@@H](O)CN3)c2)CCO1. The molecule has 0 aliphatic carbocycles. The van der Waals surface area contributed by atoms with Gasteiger partial charge in [-0.1, -0.05) is 24.3 Å². The summed E-state index contributed by atoms with van der Waals surface area (Å²) in [5.74, 6) is -0.0426. The van der Waals surface area contributed by atoms with Crippen LogP contribution >= 0.6 is 0 Å². The second-order valence-electron chi connectivity index (χ2n) is 6.80. The molecule has 1 aromatic carbocycles. The van der Waals surface area contributed by atoms with E-state index >= 15 is 0 Å². The van der Waals surface area contributed by atoms with Crippen LogP contribution in [0.3, 0.4) is 0 Å². The molecule has 2 heterocycles. The largest absolute Gasteiger partial charge is 0.392 e. The molecule has 2 aliphatic heterocycles. The van der Waals surface area contributed by atoms with Crippen molar-refractivity contribution >= 4 is 5.91 Å². The number of ether oxygens (including phenoxy) is 1. The van der Waals surface area contributed by atoms with Crippen molar-refractivity contribution in [2.45, 2.75) is 44.7 Å². The maximum absolute atomic E-state index is 12.1. The topological polar surface area (TPSA) is 73.8 Å². The van der Waals surface area contributed by atoms with E-state index in [1.807, 2.05) is 12.1 Å². The molecule has 0 radical (unpaired) electrons. The van der Waals surface area contributed by atoms with Crippen molar-refractivity contribution in [2.24, 2.45) is 0 Å². The first-order valence-corrected chi connectivity index (χ1v) is 8.71. The third-order valence-corrected chi connectivity index (χ3v) is 4.61. The molecule has 6 nitrogen and oxygen atoms in total. The van der Waals surface area contributed by atoms with Crippen molar-refractivity contribution in [3.8, 4) is 0 Å². The summed E-state index contributed by atoms with van der Waals surface area (Å²) >= 11 is 0. The Hall–Kier alpha value is -1.47. The zero-order chi connectivity index (χ0) is 16.9. The molecule has 0 bridgehead atoms. The standard InChI is InChI=1S/C18H27N3O3/c1-13-11-21(5-6-24-13)12-15-4-2-3-14(7-15)9-20-18(23)17-8-16(22)10-19-17/h2-4,7,13,16-17,19,22H,5-6,8-12H2,1H3,(H,20,23)/t13-,16-,17-/m1/s1. The van der Waals surface area contributed by atoms with Crippen LogP contribution in [0.1, 0.15) is 24.5 Å². The Balaban J connectivity index is 1.50. The van der Waals surface area contributed by atoms with Gasteiger partial charge < -0.3 is 20.5 Å². The predicted octanol–water partition coefficient (Wildman–Crippen LogP) is 0.246. The summed E-state index contributed by atoms with van der Waals surface area (Å²) in [5.41, 5.74) is 2.35. The van der Waals surface area contributed by atoms with Crippen molar-refractivity contribution in [1.82, 2.24) is 15.5 Å². The van der Waals surface area contributed by atoms with Gasteiger partial charge in [0.05, 0.1) is 24.9 Å². The number of amides is 1. The number of aliphatic hydroxyl groups is 1. The maximum Gasteiger partial charge on any atom is 0.237 e. The minimum absolute atomic E-state index is 0.0426. The summed E-state index contributed by atoms with van der Waals surface area (Å²) in [7, 11) is 0. The van der Waals surface area contributed by atoms with Gasteiger partial charge in [-0.25, -0.2) is 0 Å². The first kappa shape index (κ1) is 17.4. The molecule has 0 spiro atoms. The summed E-state index contributed by atoms with van der Waals surface area (Å²) in [6.45, 7) is 6.72. The third kappa shape index (κ3) is 4.77. The Bertz CT molecular complexity index is 566. The number of hydrogen-bond donors (Lipinski definition) is 3. The summed E-state index contributed by atoms with van der Waals surface area (Å²) in [6.07, 6.45) is 0.358. The third-order valence-electron chi connectivity index (χ3n) is 4.61. The number of carbonyl (C=O) groups is 1. The van der Waals surface area contributed by atoms with Crippen molar-refractivity contribution in [3.05, 3.63) is 35.4 Å². The Morgan fingerprint density at radius 3 is 3.04 bits per heavy atom. The highest BCUT2D eigenvalue weighted by Crippen LogP contribution is 2.12. The fourth-order valence-corrected chi connectivity index (χ4v) is 3.36. The average molecular weight is 333 g/mol. The lowest BCUT2D eigenvalue weighted by Gasteiger charge is -2.31. The van der Waals surface area contributed by atoms with E-state index in [-0.39, 0.29) is 18.1 Å². The molecule has 0 unspecified atom stereocenters. The number of morpholine rings is 1. The summed E-state index contributed by atoms with van der Waals surface area (Å²) in [4.78, 5) is 14.5. The van der Waals surface area contributed by atoms with E-state index in [4.69, 9.17) is 4.74 Å². The van der Waals surface area contributed by atoms with Crippen LogP contribution in [0.25, 0.3) is 0 Å². The molecule has 2 saturated heterocycles. The monoisotopic (exact) mass is 333 g/mol. The summed E-state index contributed by atoms with van der Waals surface area (Å²) < 4.78 is 5.58. The predicted molar refractivity (Wildman–Crippen MR) is 91.4 cm³/mol. The normalized spacial score (nSPS) is 28.0. The molecule has 0 saturated carbocycles. The molecule has 3 rings (SSSR count). The van der Waals surface area contributed by atoms with Gasteiger partial charge >= 0.3 is 0 Å². The zero-order valence-corrected chi connectivity index (χ0v) is 14.2. The van der Waals surface area contributed by atoms with E-state index in [9.17, 15) is 9.90 Å². The number of rotatable bonds is 5. The summed E-state index contributed by atoms with van der Waals surface area (Å²) in [5, 5.41) is 15.5. The van der Waals surface area contributed by atoms with E-state index in [1.54, 1.807) is 0 Å². The number of hydrogen-bond acceptors (Lipinski definition) is 5. The van der Waals surface area contributed by atoms with Crippen LogP contribution < -0.4 is 10.6 Å². The Morgan fingerprint density at radius 2 is 2.29 bits per heavy atom. The highest BCUT2D eigenvalue weighted by molar-refractivity contribution is 5.82. The van der Waals surface area contributed by atoms with E-state index in [2.05, 4.69) is 34.6 Å². The number of carbonyl (C=O) groups excluding carboxylic acids is 1. The molecule has 1 amide bonds. The smallest absolute Gasteiger partial charge is 0.237 e. The number of nitrogens with zero attached hydrogens (tertiary/aromatic N) is 1. The first-order valence-electron chi connectivity index (χ1n) is 8.71. The average Bonchev–Trinajstić information content (AvgIpc) is 3.00. The van der Waals surface area contributed by atoms with E-state index < -0.39 is 6.10 Å².